The Morgan fingerprint density at radius 1 is 1.14 bits per heavy atom. The van der Waals surface area contributed by atoms with Crippen LogP contribution >= 0.6 is 0 Å². The Morgan fingerprint density at radius 2 is 1.97 bits per heavy atom. The normalized spacial score (nSPS) is 21.3. The van der Waals surface area contributed by atoms with Crippen LogP contribution in [0.15, 0.2) is 42.6 Å². The summed E-state index contributed by atoms with van der Waals surface area (Å²) < 4.78 is 13.4. The second kappa shape index (κ2) is 8.62. The van der Waals surface area contributed by atoms with E-state index in [4.69, 9.17) is 0 Å². The number of nitrogens with zero attached hydrogens (tertiary/aromatic N) is 2. The Hall–Kier alpha value is -2.27. The number of likely N-dealkylation sites (tertiary alicyclic amines) is 1. The van der Waals surface area contributed by atoms with Crippen molar-refractivity contribution in [2.45, 2.75) is 69.4 Å². The first-order chi connectivity index (χ1) is 14.0. The number of pyridine rings is 1. The fourth-order valence-corrected chi connectivity index (χ4v) is 4.76. The summed E-state index contributed by atoms with van der Waals surface area (Å²) in [7, 11) is 0. The monoisotopic (exact) mass is 396 g/mol. The van der Waals surface area contributed by atoms with Crippen molar-refractivity contribution in [1.29, 1.82) is 0 Å². The molecule has 2 aromatic rings. The van der Waals surface area contributed by atoms with Gasteiger partial charge in [-0.3, -0.25) is 9.78 Å². The van der Waals surface area contributed by atoms with Crippen molar-refractivity contribution >= 4 is 5.91 Å². The Balaban J connectivity index is 1.42. The molecule has 2 fully saturated rings. The molecule has 2 aliphatic rings. The lowest BCUT2D eigenvalue weighted by Crippen LogP contribution is -2.40. The SMILES string of the molecule is O=C(CC1(O)CCCCC1)N1CCCC1c1ccc(Cc2cccc(F)c2)cn1. The number of hydrogen-bond donors (Lipinski definition) is 1. The lowest BCUT2D eigenvalue weighted by Gasteiger charge is -2.34. The molecule has 1 amide bonds. The smallest absolute Gasteiger partial charge is 0.226 e. The van der Waals surface area contributed by atoms with Crippen LogP contribution in [0.3, 0.4) is 0 Å². The third-order valence-electron chi connectivity index (χ3n) is 6.32. The quantitative estimate of drug-likeness (QED) is 0.806. The van der Waals surface area contributed by atoms with Gasteiger partial charge in [-0.2, -0.15) is 0 Å². The van der Waals surface area contributed by atoms with E-state index in [1.807, 2.05) is 29.3 Å². The molecule has 1 aromatic carbocycles. The predicted molar refractivity (Wildman–Crippen MR) is 110 cm³/mol. The van der Waals surface area contributed by atoms with Crippen molar-refractivity contribution < 1.29 is 14.3 Å². The average molecular weight is 397 g/mol. The van der Waals surface area contributed by atoms with Gasteiger partial charge in [0.15, 0.2) is 0 Å². The molecule has 4 rings (SSSR count). The van der Waals surface area contributed by atoms with Gasteiger partial charge in [0.25, 0.3) is 0 Å². The third-order valence-corrected chi connectivity index (χ3v) is 6.32. The van der Waals surface area contributed by atoms with Crippen LogP contribution in [-0.2, 0) is 11.2 Å². The molecule has 1 aliphatic carbocycles. The molecule has 0 bridgehead atoms. The van der Waals surface area contributed by atoms with Crippen LogP contribution in [-0.4, -0.2) is 33.0 Å². The second-order valence-corrected chi connectivity index (χ2v) is 8.60. The van der Waals surface area contributed by atoms with Crippen molar-refractivity contribution in [3.8, 4) is 0 Å². The highest BCUT2D eigenvalue weighted by molar-refractivity contribution is 5.78. The molecule has 0 spiro atoms. The van der Waals surface area contributed by atoms with Crippen LogP contribution in [0.2, 0.25) is 0 Å². The molecule has 1 aliphatic heterocycles. The first kappa shape index (κ1) is 20.0. The lowest BCUT2D eigenvalue weighted by atomic mass is 9.82. The summed E-state index contributed by atoms with van der Waals surface area (Å²) in [4.78, 5) is 19.5. The zero-order valence-electron chi connectivity index (χ0n) is 16.8. The number of carbonyl (C=O) groups excluding carboxylic acids is 1. The fraction of sp³-hybridized carbons (Fsp3) is 0.500. The Kier molecular flexibility index (Phi) is 5.95. The van der Waals surface area contributed by atoms with Gasteiger partial charge in [-0.1, -0.05) is 37.5 Å². The lowest BCUT2D eigenvalue weighted by molar-refractivity contribution is -0.138. The maximum absolute atomic E-state index is 13.4. The molecule has 1 aromatic heterocycles. The van der Waals surface area contributed by atoms with E-state index in [9.17, 15) is 14.3 Å². The van der Waals surface area contributed by atoms with Crippen molar-refractivity contribution in [1.82, 2.24) is 9.88 Å². The van der Waals surface area contributed by atoms with Crippen molar-refractivity contribution in [3.05, 3.63) is 65.2 Å². The molecule has 154 valence electrons. The molecule has 29 heavy (non-hydrogen) atoms. The van der Waals surface area contributed by atoms with Gasteiger partial charge in [-0.15, -0.1) is 0 Å². The fourth-order valence-electron chi connectivity index (χ4n) is 4.76. The summed E-state index contributed by atoms with van der Waals surface area (Å²) in [6.07, 6.45) is 9.15. The number of aromatic nitrogens is 1. The topological polar surface area (TPSA) is 53.4 Å². The van der Waals surface area contributed by atoms with E-state index in [1.165, 1.54) is 6.07 Å². The van der Waals surface area contributed by atoms with Gasteiger partial charge in [0.05, 0.1) is 23.8 Å². The highest BCUT2D eigenvalue weighted by atomic mass is 19.1. The summed E-state index contributed by atoms with van der Waals surface area (Å²) >= 11 is 0. The van der Waals surface area contributed by atoms with Gasteiger partial charge in [0.2, 0.25) is 5.91 Å². The van der Waals surface area contributed by atoms with Crippen LogP contribution in [0, 0.1) is 5.82 Å². The van der Waals surface area contributed by atoms with E-state index in [-0.39, 0.29) is 24.2 Å². The van der Waals surface area contributed by atoms with Gasteiger partial charge in [0, 0.05) is 12.7 Å². The van der Waals surface area contributed by atoms with Crippen LogP contribution in [0.5, 0.6) is 0 Å². The number of carbonyl (C=O) groups is 1. The zero-order chi connectivity index (χ0) is 20.3. The van der Waals surface area contributed by atoms with Crippen LogP contribution < -0.4 is 0 Å². The minimum Gasteiger partial charge on any atom is -0.389 e. The van der Waals surface area contributed by atoms with Gasteiger partial charge >= 0.3 is 0 Å². The van der Waals surface area contributed by atoms with Gasteiger partial charge in [-0.05, 0) is 61.4 Å². The second-order valence-electron chi connectivity index (χ2n) is 8.60. The first-order valence-electron chi connectivity index (χ1n) is 10.7. The first-order valence-corrected chi connectivity index (χ1v) is 10.7. The maximum atomic E-state index is 13.4. The largest absolute Gasteiger partial charge is 0.389 e. The zero-order valence-corrected chi connectivity index (χ0v) is 16.8. The number of halogens is 1. The predicted octanol–water partition coefficient (Wildman–Crippen LogP) is 4.56. The third kappa shape index (κ3) is 4.84. The summed E-state index contributed by atoms with van der Waals surface area (Å²) in [6, 6.07) is 10.6. The van der Waals surface area contributed by atoms with Gasteiger partial charge in [-0.25, -0.2) is 4.39 Å². The van der Waals surface area contributed by atoms with Crippen molar-refractivity contribution in [2.24, 2.45) is 0 Å². The summed E-state index contributed by atoms with van der Waals surface area (Å²) in [5.74, 6) is -0.186. The molecule has 5 heteroatoms. The Morgan fingerprint density at radius 3 is 2.69 bits per heavy atom. The molecule has 2 heterocycles. The van der Waals surface area contributed by atoms with Crippen LogP contribution in [0.1, 0.15) is 74.2 Å². The molecular weight excluding hydrogens is 367 g/mol. The molecule has 1 saturated heterocycles. The maximum Gasteiger partial charge on any atom is 0.226 e. The van der Waals surface area contributed by atoms with Gasteiger partial charge in [0.1, 0.15) is 5.82 Å². The number of hydrogen-bond acceptors (Lipinski definition) is 3. The molecule has 0 radical (unpaired) electrons. The van der Waals surface area contributed by atoms with E-state index >= 15 is 0 Å². The molecule has 1 saturated carbocycles. The van der Waals surface area contributed by atoms with Gasteiger partial charge < -0.3 is 10.0 Å². The molecule has 1 unspecified atom stereocenters. The number of benzene rings is 1. The van der Waals surface area contributed by atoms with Crippen molar-refractivity contribution in [3.63, 3.8) is 0 Å². The minimum absolute atomic E-state index is 0.0158. The van der Waals surface area contributed by atoms with E-state index in [1.54, 1.807) is 12.1 Å². The molecule has 1 N–H and O–H groups in total. The highest BCUT2D eigenvalue weighted by Crippen LogP contribution is 2.35. The Labute approximate surface area is 171 Å². The van der Waals surface area contributed by atoms with Crippen molar-refractivity contribution in [2.75, 3.05) is 6.54 Å². The van der Waals surface area contributed by atoms with E-state index in [0.717, 1.165) is 68.3 Å². The summed E-state index contributed by atoms with van der Waals surface area (Å²) in [5, 5.41) is 10.8. The molecule has 1 atom stereocenters. The number of rotatable bonds is 5. The van der Waals surface area contributed by atoms with Crippen LogP contribution in [0.25, 0.3) is 0 Å². The highest BCUT2D eigenvalue weighted by Gasteiger charge is 2.37. The minimum atomic E-state index is -0.829. The Bertz CT molecular complexity index is 846. The summed E-state index contributed by atoms with van der Waals surface area (Å²) in [6.45, 7) is 0.728. The summed E-state index contributed by atoms with van der Waals surface area (Å²) in [5.41, 5.74) is 2.00. The number of amides is 1. The average Bonchev–Trinajstić information content (AvgIpc) is 3.19. The van der Waals surface area contributed by atoms with E-state index in [2.05, 4.69) is 4.98 Å². The number of aliphatic hydroxyl groups is 1. The van der Waals surface area contributed by atoms with Crippen LogP contribution in [0.4, 0.5) is 4.39 Å². The molecular formula is C24H29FN2O2. The standard InChI is InChI=1S/C24H29FN2O2/c25-20-7-4-6-18(15-20)14-19-9-10-21(26-17-19)22-8-5-13-27(22)23(28)16-24(29)11-2-1-3-12-24/h4,6-7,9-10,15,17,22,29H,1-3,5,8,11-14,16H2. The van der Waals surface area contributed by atoms with E-state index < -0.39 is 5.60 Å². The molecule has 4 nitrogen and oxygen atoms in total. The van der Waals surface area contributed by atoms with E-state index in [0.29, 0.717) is 6.42 Å².